The summed E-state index contributed by atoms with van der Waals surface area (Å²) in [5.41, 5.74) is 3.24. The fourth-order valence-corrected chi connectivity index (χ4v) is 5.28. The summed E-state index contributed by atoms with van der Waals surface area (Å²) < 4.78 is 1.51. The molecule has 2 amide bonds. The van der Waals surface area contributed by atoms with E-state index in [1.807, 2.05) is 65.6 Å². The van der Waals surface area contributed by atoms with Crippen molar-refractivity contribution in [3.05, 3.63) is 107 Å². The number of hydrogen-bond acceptors (Lipinski definition) is 4. The first kappa shape index (κ1) is 24.9. The summed E-state index contributed by atoms with van der Waals surface area (Å²) in [5, 5.41) is 6.41. The second-order valence-electron chi connectivity index (χ2n) is 10.2. The third-order valence-corrected chi connectivity index (χ3v) is 7.43. The Morgan fingerprint density at radius 1 is 0.897 bits per heavy atom. The van der Waals surface area contributed by atoms with Crippen LogP contribution in [0.25, 0.3) is 16.9 Å². The highest BCUT2D eigenvalue weighted by Gasteiger charge is 2.33. The molecule has 4 aromatic rings. The first-order valence-electron chi connectivity index (χ1n) is 13.5. The fourth-order valence-electron chi connectivity index (χ4n) is 5.28. The predicted octanol–water partition coefficient (Wildman–Crippen LogP) is 3.84. The van der Waals surface area contributed by atoms with E-state index in [1.165, 1.54) is 4.57 Å². The van der Waals surface area contributed by atoms with Gasteiger partial charge in [0, 0.05) is 37.2 Å². The molecule has 0 spiro atoms. The van der Waals surface area contributed by atoms with Gasteiger partial charge in [0.25, 0.3) is 5.91 Å². The number of para-hydroxylation sites is 2. The zero-order valence-corrected chi connectivity index (χ0v) is 21.6. The van der Waals surface area contributed by atoms with Crippen LogP contribution in [0.1, 0.15) is 28.9 Å². The van der Waals surface area contributed by atoms with Crippen molar-refractivity contribution >= 4 is 17.5 Å². The highest BCUT2D eigenvalue weighted by Crippen LogP contribution is 2.33. The van der Waals surface area contributed by atoms with Crippen molar-refractivity contribution in [1.82, 2.24) is 19.8 Å². The predicted molar refractivity (Wildman–Crippen MR) is 151 cm³/mol. The normalized spacial score (nSPS) is 17.1. The third-order valence-electron chi connectivity index (χ3n) is 7.43. The van der Waals surface area contributed by atoms with E-state index in [9.17, 15) is 14.4 Å². The van der Waals surface area contributed by atoms with E-state index in [4.69, 9.17) is 0 Å². The van der Waals surface area contributed by atoms with Crippen molar-refractivity contribution in [3.63, 3.8) is 0 Å². The van der Waals surface area contributed by atoms with Gasteiger partial charge in [-0.15, -0.1) is 0 Å². The van der Waals surface area contributed by atoms with Crippen LogP contribution in [0.15, 0.2) is 89.7 Å². The molecule has 39 heavy (non-hydrogen) atoms. The van der Waals surface area contributed by atoms with Gasteiger partial charge in [0.05, 0.1) is 17.1 Å². The summed E-state index contributed by atoms with van der Waals surface area (Å²) in [5.74, 6) is -0.249. The molecular weight excluding hydrogens is 490 g/mol. The molecule has 1 saturated heterocycles. The lowest BCUT2D eigenvalue weighted by Gasteiger charge is -2.36. The van der Waals surface area contributed by atoms with Gasteiger partial charge >= 0.3 is 5.69 Å². The molecule has 2 heterocycles. The number of imidazole rings is 1. The summed E-state index contributed by atoms with van der Waals surface area (Å²) in [6, 6.07) is 26.7. The zero-order valence-electron chi connectivity index (χ0n) is 21.6. The van der Waals surface area contributed by atoms with E-state index < -0.39 is 5.69 Å². The zero-order chi connectivity index (χ0) is 26.8. The molecule has 1 atom stereocenters. The van der Waals surface area contributed by atoms with Crippen LogP contribution in [-0.2, 0) is 11.2 Å². The standard InChI is InChI=1S/C31H31N5O3/c37-29(23-15-16-23)33-25-13-7-8-14-26(25)36-28(22-11-5-2-6-12-22)27(34-31(36)39)30(38)35-18-17-32-20-24(35)19-21-9-3-1-4-10-21/h1-14,23-24,32H,15-20H2,(H,33,37)(H,34,39). The van der Waals surface area contributed by atoms with Crippen LogP contribution < -0.4 is 16.3 Å². The monoisotopic (exact) mass is 521 g/mol. The molecule has 1 unspecified atom stereocenters. The second-order valence-corrected chi connectivity index (χ2v) is 10.2. The summed E-state index contributed by atoms with van der Waals surface area (Å²) in [7, 11) is 0. The number of rotatable bonds is 7. The Hall–Kier alpha value is -4.43. The summed E-state index contributed by atoms with van der Waals surface area (Å²) in [4.78, 5) is 45.2. The molecule has 0 bridgehead atoms. The topological polar surface area (TPSA) is 99.2 Å². The van der Waals surface area contributed by atoms with Crippen LogP contribution in [-0.4, -0.2) is 51.9 Å². The van der Waals surface area contributed by atoms with Gasteiger partial charge in [-0.05, 0) is 37.0 Å². The number of aromatic amines is 1. The molecule has 6 rings (SSSR count). The number of anilines is 1. The Morgan fingerprint density at radius 3 is 2.33 bits per heavy atom. The largest absolute Gasteiger partial charge is 0.331 e. The molecule has 1 saturated carbocycles. The Bertz CT molecular complexity index is 1540. The van der Waals surface area contributed by atoms with Crippen molar-refractivity contribution in [2.75, 3.05) is 25.0 Å². The van der Waals surface area contributed by atoms with Crippen molar-refractivity contribution in [2.45, 2.75) is 25.3 Å². The molecule has 3 N–H and O–H groups in total. The molecule has 3 aromatic carbocycles. The first-order valence-corrected chi connectivity index (χ1v) is 13.5. The Labute approximate surface area is 226 Å². The number of H-pyrrole nitrogens is 1. The van der Waals surface area contributed by atoms with Gasteiger partial charge in [0.1, 0.15) is 5.69 Å². The van der Waals surface area contributed by atoms with E-state index >= 15 is 0 Å². The summed E-state index contributed by atoms with van der Waals surface area (Å²) >= 11 is 0. The Balaban J connectivity index is 1.43. The number of carbonyl (C=O) groups excluding carboxylic acids is 2. The number of nitrogens with zero attached hydrogens (tertiary/aromatic N) is 2. The van der Waals surface area contributed by atoms with E-state index in [0.717, 1.165) is 24.0 Å². The van der Waals surface area contributed by atoms with Crippen LogP contribution in [0.5, 0.6) is 0 Å². The minimum Gasteiger partial charge on any atom is -0.331 e. The number of hydrogen-bond donors (Lipinski definition) is 3. The van der Waals surface area contributed by atoms with Gasteiger partial charge in [0.15, 0.2) is 0 Å². The quantitative estimate of drug-likeness (QED) is 0.344. The second kappa shape index (κ2) is 10.7. The van der Waals surface area contributed by atoms with Crippen molar-refractivity contribution in [3.8, 4) is 16.9 Å². The number of nitrogens with one attached hydrogen (secondary N) is 3. The lowest BCUT2D eigenvalue weighted by Crippen LogP contribution is -2.54. The Kier molecular flexibility index (Phi) is 6.85. The molecule has 8 nitrogen and oxygen atoms in total. The molecule has 198 valence electrons. The van der Waals surface area contributed by atoms with Gasteiger partial charge in [0.2, 0.25) is 5.91 Å². The van der Waals surface area contributed by atoms with Crippen molar-refractivity contribution in [1.29, 1.82) is 0 Å². The summed E-state index contributed by atoms with van der Waals surface area (Å²) in [6.07, 6.45) is 2.46. The fraction of sp³-hybridized carbons (Fsp3) is 0.258. The molecule has 2 aliphatic rings. The van der Waals surface area contributed by atoms with Crippen LogP contribution in [0.2, 0.25) is 0 Å². The maximum Gasteiger partial charge on any atom is 0.331 e. The van der Waals surface area contributed by atoms with Gasteiger partial charge in [-0.2, -0.15) is 0 Å². The Morgan fingerprint density at radius 2 is 1.59 bits per heavy atom. The van der Waals surface area contributed by atoms with Crippen molar-refractivity contribution in [2.24, 2.45) is 5.92 Å². The molecule has 0 radical (unpaired) electrons. The van der Waals surface area contributed by atoms with Crippen LogP contribution in [0, 0.1) is 5.92 Å². The van der Waals surface area contributed by atoms with E-state index in [-0.39, 0.29) is 29.5 Å². The SMILES string of the molecule is O=C(Nc1ccccc1-n1c(-c2ccccc2)c(C(=O)N2CCNCC2Cc2ccccc2)[nH]c1=O)C1CC1. The first-order chi connectivity index (χ1) is 19.1. The van der Waals surface area contributed by atoms with Gasteiger partial charge < -0.3 is 20.5 Å². The van der Waals surface area contributed by atoms with Gasteiger partial charge in [-0.1, -0.05) is 72.8 Å². The molecule has 1 aliphatic carbocycles. The lowest BCUT2D eigenvalue weighted by atomic mass is 10.0. The van der Waals surface area contributed by atoms with E-state index in [0.29, 0.717) is 43.1 Å². The van der Waals surface area contributed by atoms with E-state index in [2.05, 4.69) is 27.8 Å². The molecule has 1 aromatic heterocycles. The average Bonchev–Trinajstić information content (AvgIpc) is 3.77. The number of aromatic nitrogens is 2. The highest BCUT2D eigenvalue weighted by atomic mass is 16.2. The molecular formula is C31H31N5O3. The minimum absolute atomic E-state index is 0.0148. The van der Waals surface area contributed by atoms with Gasteiger partial charge in [-0.3, -0.25) is 14.2 Å². The third kappa shape index (κ3) is 5.15. The molecule has 1 aliphatic heterocycles. The molecule has 8 heteroatoms. The maximum absolute atomic E-state index is 14.2. The lowest BCUT2D eigenvalue weighted by molar-refractivity contribution is -0.117. The van der Waals surface area contributed by atoms with E-state index in [1.54, 1.807) is 12.1 Å². The van der Waals surface area contributed by atoms with Crippen LogP contribution in [0.3, 0.4) is 0 Å². The summed E-state index contributed by atoms with van der Waals surface area (Å²) in [6.45, 7) is 1.88. The highest BCUT2D eigenvalue weighted by molar-refractivity contribution is 6.00. The number of piperazine rings is 1. The number of benzene rings is 3. The number of amides is 2. The maximum atomic E-state index is 14.2. The van der Waals surface area contributed by atoms with Crippen LogP contribution in [0.4, 0.5) is 5.69 Å². The average molecular weight is 522 g/mol. The molecule has 2 fully saturated rings. The van der Waals surface area contributed by atoms with Gasteiger partial charge in [-0.25, -0.2) is 4.79 Å². The smallest absolute Gasteiger partial charge is 0.331 e. The minimum atomic E-state index is -0.430. The van der Waals surface area contributed by atoms with Crippen LogP contribution >= 0.6 is 0 Å². The number of carbonyl (C=O) groups is 2. The van der Waals surface area contributed by atoms with Crippen molar-refractivity contribution < 1.29 is 9.59 Å².